The number of hydrogen-bond acceptors (Lipinski definition) is 9. The number of carbonyl (C=O) groups excluding carboxylic acids is 3. The molecule has 2 amide bonds. The van der Waals surface area contributed by atoms with Gasteiger partial charge in [0.15, 0.2) is 23.9 Å². The Kier molecular flexibility index (Phi) is 10.5. The molecule has 1 aromatic carbocycles. The average molecular weight is 661 g/mol. The van der Waals surface area contributed by atoms with Crippen molar-refractivity contribution in [3.8, 4) is 11.5 Å². The van der Waals surface area contributed by atoms with Crippen molar-refractivity contribution in [2.45, 2.75) is 86.5 Å². The first-order valence-electron chi connectivity index (χ1n) is 14.9. The van der Waals surface area contributed by atoms with Gasteiger partial charge in [-0.1, -0.05) is 41.5 Å². The van der Waals surface area contributed by atoms with Gasteiger partial charge in [-0.2, -0.15) is 0 Å². The van der Waals surface area contributed by atoms with Gasteiger partial charge in [0.25, 0.3) is 5.91 Å². The zero-order valence-electron chi connectivity index (χ0n) is 27.9. The van der Waals surface area contributed by atoms with Crippen molar-refractivity contribution in [2.75, 3.05) is 19.7 Å². The second kappa shape index (κ2) is 13.3. The van der Waals surface area contributed by atoms with Crippen LogP contribution in [0.15, 0.2) is 24.3 Å². The van der Waals surface area contributed by atoms with Gasteiger partial charge in [0, 0.05) is 27.8 Å². The van der Waals surface area contributed by atoms with Crippen molar-refractivity contribution in [1.82, 2.24) is 10.2 Å². The van der Waals surface area contributed by atoms with E-state index in [1.165, 1.54) is 29.5 Å². The predicted octanol–water partition coefficient (Wildman–Crippen LogP) is 5.41. The number of thiophene rings is 1. The molecule has 0 unspecified atom stereocenters. The fourth-order valence-corrected chi connectivity index (χ4v) is 6.66. The SMILES string of the molecule is CC(C)(C)OC(=O)N1CCc2sc(C(=O)NCC(=O)c3ccc(OC(C(=O)O)(C(C)(C)C)C(C)(C)C)c(OCC(=O)O)c3)cc2C1. The first-order chi connectivity index (χ1) is 21.1. The van der Waals surface area contributed by atoms with Crippen LogP contribution >= 0.6 is 11.3 Å². The van der Waals surface area contributed by atoms with E-state index in [9.17, 15) is 34.2 Å². The topological polar surface area (TPSA) is 169 Å². The molecule has 46 heavy (non-hydrogen) atoms. The monoisotopic (exact) mass is 660 g/mol. The Balaban J connectivity index is 1.79. The van der Waals surface area contributed by atoms with E-state index in [1.807, 2.05) is 0 Å². The highest BCUT2D eigenvalue weighted by atomic mass is 32.1. The summed E-state index contributed by atoms with van der Waals surface area (Å²) >= 11 is 1.30. The molecule has 13 heteroatoms. The first kappa shape index (κ1) is 36.3. The molecular formula is C33H44N2O10S. The number of carbonyl (C=O) groups is 5. The highest BCUT2D eigenvalue weighted by molar-refractivity contribution is 7.14. The lowest BCUT2D eigenvalue weighted by Crippen LogP contribution is -2.63. The van der Waals surface area contributed by atoms with Gasteiger partial charge in [0.2, 0.25) is 5.60 Å². The second-order valence-corrected chi connectivity index (χ2v) is 15.4. The van der Waals surface area contributed by atoms with Crippen molar-refractivity contribution >= 4 is 41.1 Å². The molecule has 0 aliphatic carbocycles. The number of Topliss-reactive ketones (excluding diaryl/α,β-unsaturated/α-hetero) is 1. The fraction of sp³-hybridized carbons (Fsp3) is 0.545. The van der Waals surface area contributed by atoms with Gasteiger partial charge < -0.3 is 34.6 Å². The number of aliphatic carboxylic acids is 2. The minimum Gasteiger partial charge on any atom is -0.479 e. The molecule has 1 aliphatic rings. The molecule has 12 nitrogen and oxygen atoms in total. The van der Waals surface area contributed by atoms with Crippen LogP contribution in [0.1, 0.15) is 92.8 Å². The van der Waals surface area contributed by atoms with Crippen molar-refractivity contribution in [2.24, 2.45) is 10.8 Å². The smallest absolute Gasteiger partial charge is 0.410 e. The van der Waals surface area contributed by atoms with Crippen LogP contribution in [0, 0.1) is 10.8 Å². The number of carboxylic acid groups (broad SMARTS) is 2. The normalized spacial score (nSPS) is 13.8. The predicted molar refractivity (Wildman–Crippen MR) is 171 cm³/mol. The van der Waals surface area contributed by atoms with Gasteiger partial charge >= 0.3 is 18.0 Å². The molecule has 3 N–H and O–H groups in total. The van der Waals surface area contributed by atoms with Gasteiger partial charge in [0.1, 0.15) is 5.60 Å². The van der Waals surface area contributed by atoms with E-state index >= 15 is 0 Å². The number of amides is 2. The molecule has 2 aromatic rings. The summed E-state index contributed by atoms with van der Waals surface area (Å²) in [6, 6.07) is 5.76. The van der Waals surface area contributed by atoms with Crippen molar-refractivity contribution in [3.63, 3.8) is 0 Å². The van der Waals surface area contributed by atoms with Crippen LogP contribution in [0.5, 0.6) is 11.5 Å². The van der Waals surface area contributed by atoms with Crippen LogP contribution in [0.3, 0.4) is 0 Å². The molecule has 1 aromatic heterocycles. The quantitative estimate of drug-likeness (QED) is 0.280. The van der Waals surface area contributed by atoms with Crippen LogP contribution < -0.4 is 14.8 Å². The number of nitrogens with one attached hydrogen (secondary N) is 1. The third-order valence-electron chi connectivity index (χ3n) is 7.45. The van der Waals surface area contributed by atoms with E-state index in [1.54, 1.807) is 73.3 Å². The Morgan fingerprint density at radius 1 is 0.913 bits per heavy atom. The number of rotatable bonds is 10. The first-order valence-corrected chi connectivity index (χ1v) is 15.7. The van der Waals surface area contributed by atoms with E-state index in [4.69, 9.17) is 14.2 Å². The van der Waals surface area contributed by atoms with Crippen LogP contribution in [-0.2, 0) is 27.3 Å². The summed E-state index contributed by atoms with van der Waals surface area (Å²) in [5, 5.41) is 22.2. The van der Waals surface area contributed by atoms with Gasteiger partial charge in [-0.3, -0.25) is 9.59 Å². The maximum atomic E-state index is 13.1. The minimum atomic E-state index is -1.77. The summed E-state index contributed by atoms with van der Waals surface area (Å²) in [7, 11) is 0. The number of nitrogens with zero attached hydrogens (tertiary/aromatic N) is 1. The summed E-state index contributed by atoms with van der Waals surface area (Å²) in [6.45, 7) is 15.4. The van der Waals surface area contributed by atoms with E-state index < -0.39 is 58.4 Å². The van der Waals surface area contributed by atoms with Crippen LogP contribution in [0.4, 0.5) is 4.79 Å². The lowest BCUT2D eigenvalue weighted by molar-refractivity contribution is -0.184. The Hall–Kier alpha value is -4.13. The number of ketones is 1. The Labute approximate surface area is 273 Å². The second-order valence-electron chi connectivity index (χ2n) is 14.2. The highest BCUT2D eigenvalue weighted by Crippen LogP contribution is 2.49. The van der Waals surface area contributed by atoms with E-state index in [0.29, 0.717) is 24.4 Å². The number of hydrogen-bond donors (Lipinski definition) is 3. The molecule has 252 valence electrons. The van der Waals surface area contributed by atoms with Gasteiger partial charge in [-0.15, -0.1) is 11.3 Å². The summed E-state index contributed by atoms with van der Waals surface area (Å²) in [4.78, 5) is 65.6. The van der Waals surface area contributed by atoms with Crippen molar-refractivity contribution < 1.29 is 48.4 Å². The molecule has 2 heterocycles. The largest absolute Gasteiger partial charge is 0.479 e. The summed E-state index contributed by atoms with van der Waals surface area (Å²) in [5.41, 5.74) is -3.30. The molecule has 0 saturated carbocycles. The highest BCUT2D eigenvalue weighted by Gasteiger charge is 2.60. The third kappa shape index (κ3) is 8.17. The molecule has 0 radical (unpaired) electrons. The average Bonchev–Trinajstić information content (AvgIpc) is 3.34. The molecule has 0 fully saturated rings. The maximum absolute atomic E-state index is 13.1. The van der Waals surface area contributed by atoms with Crippen molar-refractivity contribution in [1.29, 1.82) is 0 Å². The lowest BCUT2D eigenvalue weighted by atomic mass is 9.62. The lowest BCUT2D eigenvalue weighted by Gasteiger charge is -2.49. The molecule has 3 rings (SSSR count). The van der Waals surface area contributed by atoms with Gasteiger partial charge in [-0.05, 0) is 57.0 Å². The maximum Gasteiger partial charge on any atom is 0.410 e. The molecule has 0 spiro atoms. The third-order valence-corrected chi connectivity index (χ3v) is 8.68. The van der Waals surface area contributed by atoms with Crippen LogP contribution in [0.2, 0.25) is 0 Å². The van der Waals surface area contributed by atoms with Crippen molar-refractivity contribution in [3.05, 3.63) is 45.1 Å². The zero-order valence-corrected chi connectivity index (χ0v) is 28.7. The van der Waals surface area contributed by atoms with E-state index in [2.05, 4.69) is 5.32 Å². The Morgan fingerprint density at radius 3 is 2.09 bits per heavy atom. The Morgan fingerprint density at radius 2 is 1.54 bits per heavy atom. The van der Waals surface area contributed by atoms with E-state index in [-0.39, 0.29) is 23.6 Å². The molecule has 0 atom stereocenters. The molecule has 1 aliphatic heterocycles. The standard InChI is InChI=1S/C33H44N2O10S/c1-30(2,3)33(28(40)41,31(4,5)6)44-22-11-10-19(14-23(22)43-18-26(37)38)21(36)16-34-27(39)25-15-20-17-35(13-12-24(20)46-25)29(42)45-32(7,8)9/h10-11,14-15H,12-13,16-18H2,1-9H3,(H,34,39)(H,37,38)(H,40,41). The minimum absolute atomic E-state index is 0.0429. The number of benzene rings is 1. The van der Waals surface area contributed by atoms with Gasteiger partial charge in [-0.25, -0.2) is 14.4 Å². The van der Waals surface area contributed by atoms with Gasteiger partial charge in [0.05, 0.1) is 18.0 Å². The number of fused-ring (bicyclic) bond motifs is 1. The summed E-state index contributed by atoms with van der Waals surface area (Å²) < 4.78 is 17.1. The molecule has 0 bridgehead atoms. The molecular weight excluding hydrogens is 616 g/mol. The number of ether oxygens (including phenoxy) is 3. The van der Waals surface area contributed by atoms with E-state index in [0.717, 1.165) is 10.4 Å². The Bertz CT molecular complexity index is 1490. The zero-order chi connectivity index (χ0) is 34.8. The number of carboxylic acids is 2. The molecule has 0 saturated heterocycles. The van der Waals surface area contributed by atoms with Crippen LogP contribution in [-0.4, -0.2) is 75.7 Å². The summed E-state index contributed by atoms with van der Waals surface area (Å²) in [6.07, 6.45) is 0.154. The van der Waals surface area contributed by atoms with Crippen LogP contribution in [0.25, 0.3) is 0 Å². The fourth-order valence-electron chi connectivity index (χ4n) is 5.58. The summed E-state index contributed by atoms with van der Waals surface area (Å²) in [5.74, 6) is -3.61.